The van der Waals surface area contributed by atoms with Crippen molar-refractivity contribution in [3.8, 4) is 5.75 Å². The molecule has 0 heterocycles. The number of unbranched alkanes of at least 4 members (excludes halogenated alkanes) is 2. The van der Waals surface area contributed by atoms with Crippen molar-refractivity contribution in [3.63, 3.8) is 0 Å². The normalized spacial score (nSPS) is 12.4. The minimum Gasteiger partial charge on any atom is -0.492 e. The highest BCUT2D eigenvalue weighted by atomic mass is 16.5. The van der Waals surface area contributed by atoms with Gasteiger partial charge < -0.3 is 10.1 Å². The van der Waals surface area contributed by atoms with Gasteiger partial charge in [-0.2, -0.15) is 0 Å². The Morgan fingerprint density at radius 1 is 1.19 bits per heavy atom. The molecule has 0 amide bonds. The standard InChI is InChI=1S/C14H23NO/c1-3-4-6-9-13(15-2)12-16-14-10-7-5-8-11-14/h5,7-8,10-11,13,15H,3-4,6,9,12H2,1-2H3. The third-order valence-electron chi connectivity index (χ3n) is 2.76. The van der Waals surface area contributed by atoms with Crippen molar-refractivity contribution in [2.24, 2.45) is 0 Å². The van der Waals surface area contributed by atoms with Gasteiger partial charge >= 0.3 is 0 Å². The molecule has 2 nitrogen and oxygen atoms in total. The van der Waals surface area contributed by atoms with Crippen LogP contribution in [0.2, 0.25) is 0 Å². The molecule has 0 radical (unpaired) electrons. The second-order valence-electron chi connectivity index (χ2n) is 4.11. The Hall–Kier alpha value is -1.02. The summed E-state index contributed by atoms with van der Waals surface area (Å²) in [5.74, 6) is 0.957. The Morgan fingerprint density at radius 3 is 2.56 bits per heavy atom. The molecule has 1 aromatic rings. The van der Waals surface area contributed by atoms with Gasteiger partial charge in [-0.3, -0.25) is 0 Å². The molecule has 0 fully saturated rings. The lowest BCUT2D eigenvalue weighted by Crippen LogP contribution is -2.31. The van der Waals surface area contributed by atoms with E-state index < -0.39 is 0 Å². The lowest BCUT2D eigenvalue weighted by Gasteiger charge is -2.16. The van der Waals surface area contributed by atoms with Crippen LogP contribution in [0.15, 0.2) is 30.3 Å². The van der Waals surface area contributed by atoms with Crippen LogP contribution in [0.25, 0.3) is 0 Å². The number of nitrogens with one attached hydrogen (secondary N) is 1. The molecule has 1 unspecified atom stereocenters. The number of ether oxygens (including phenoxy) is 1. The fourth-order valence-electron chi connectivity index (χ4n) is 1.67. The van der Waals surface area contributed by atoms with Gasteiger partial charge in [0.15, 0.2) is 0 Å². The highest BCUT2D eigenvalue weighted by Crippen LogP contribution is 2.10. The van der Waals surface area contributed by atoms with Crippen molar-refractivity contribution >= 4 is 0 Å². The van der Waals surface area contributed by atoms with E-state index in [0.29, 0.717) is 6.04 Å². The summed E-state index contributed by atoms with van der Waals surface area (Å²) in [5, 5.41) is 3.31. The molecular formula is C14H23NO. The maximum atomic E-state index is 5.73. The maximum Gasteiger partial charge on any atom is 0.119 e. The molecule has 1 aromatic carbocycles. The summed E-state index contributed by atoms with van der Waals surface area (Å²) in [7, 11) is 2.00. The van der Waals surface area contributed by atoms with E-state index >= 15 is 0 Å². The summed E-state index contributed by atoms with van der Waals surface area (Å²) in [6.45, 7) is 2.99. The predicted molar refractivity (Wildman–Crippen MR) is 68.9 cm³/mol. The van der Waals surface area contributed by atoms with Crippen molar-refractivity contribution in [1.29, 1.82) is 0 Å². The van der Waals surface area contributed by atoms with Crippen LogP contribution in [0.1, 0.15) is 32.6 Å². The summed E-state index contributed by atoms with van der Waals surface area (Å²) in [4.78, 5) is 0. The van der Waals surface area contributed by atoms with Crippen LogP contribution in [-0.2, 0) is 0 Å². The summed E-state index contributed by atoms with van der Waals surface area (Å²) < 4.78 is 5.73. The van der Waals surface area contributed by atoms with E-state index in [1.807, 2.05) is 37.4 Å². The molecule has 0 saturated carbocycles. The SMILES string of the molecule is CCCCCC(COc1ccccc1)NC. The second kappa shape index (κ2) is 8.17. The lowest BCUT2D eigenvalue weighted by molar-refractivity contribution is 0.260. The van der Waals surface area contributed by atoms with Crippen molar-refractivity contribution in [2.75, 3.05) is 13.7 Å². The molecule has 2 heteroatoms. The van der Waals surface area contributed by atoms with Crippen molar-refractivity contribution in [1.82, 2.24) is 5.32 Å². The molecule has 1 atom stereocenters. The van der Waals surface area contributed by atoms with Crippen LogP contribution in [-0.4, -0.2) is 19.7 Å². The molecule has 90 valence electrons. The van der Waals surface area contributed by atoms with E-state index in [9.17, 15) is 0 Å². The summed E-state index contributed by atoms with van der Waals surface area (Å²) >= 11 is 0. The van der Waals surface area contributed by atoms with E-state index in [2.05, 4.69) is 12.2 Å². The van der Waals surface area contributed by atoms with Gasteiger partial charge in [0.2, 0.25) is 0 Å². The van der Waals surface area contributed by atoms with E-state index in [0.717, 1.165) is 12.4 Å². The number of hydrogen-bond acceptors (Lipinski definition) is 2. The van der Waals surface area contributed by atoms with Gasteiger partial charge in [-0.25, -0.2) is 0 Å². The Morgan fingerprint density at radius 2 is 1.94 bits per heavy atom. The first kappa shape index (κ1) is 13.0. The molecule has 0 spiro atoms. The first-order valence-electron chi connectivity index (χ1n) is 6.22. The summed E-state index contributed by atoms with van der Waals surface area (Å²) in [6.07, 6.45) is 5.05. The smallest absolute Gasteiger partial charge is 0.119 e. The second-order valence-corrected chi connectivity index (χ2v) is 4.11. The minimum atomic E-state index is 0.465. The lowest BCUT2D eigenvalue weighted by atomic mass is 10.1. The van der Waals surface area contributed by atoms with Crippen LogP contribution < -0.4 is 10.1 Å². The van der Waals surface area contributed by atoms with Crippen LogP contribution in [0.5, 0.6) is 5.75 Å². The van der Waals surface area contributed by atoms with Crippen LogP contribution in [0.4, 0.5) is 0 Å². The zero-order valence-electron chi connectivity index (χ0n) is 10.4. The third-order valence-corrected chi connectivity index (χ3v) is 2.76. The number of hydrogen-bond donors (Lipinski definition) is 1. The zero-order valence-corrected chi connectivity index (χ0v) is 10.4. The minimum absolute atomic E-state index is 0.465. The largest absolute Gasteiger partial charge is 0.492 e. The van der Waals surface area contributed by atoms with Crippen LogP contribution in [0, 0.1) is 0 Å². The number of para-hydroxylation sites is 1. The molecule has 0 aliphatic carbocycles. The van der Waals surface area contributed by atoms with Gasteiger partial charge in [-0.1, -0.05) is 44.4 Å². The highest BCUT2D eigenvalue weighted by molar-refractivity contribution is 5.20. The summed E-state index contributed by atoms with van der Waals surface area (Å²) in [6, 6.07) is 10.5. The average molecular weight is 221 g/mol. The van der Waals surface area contributed by atoms with Gasteiger partial charge in [0.05, 0.1) is 0 Å². The van der Waals surface area contributed by atoms with Crippen molar-refractivity contribution in [2.45, 2.75) is 38.6 Å². The fourth-order valence-corrected chi connectivity index (χ4v) is 1.67. The van der Waals surface area contributed by atoms with E-state index in [1.165, 1.54) is 25.7 Å². The topological polar surface area (TPSA) is 21.3 Å². The molecule has 0 aromatic heterocycles. The first-order valence-corrected chi connectivity index (χ1v) is 6.22. The molecule has 1 rings (SSSR count). The highest BCUT2D eigenvalue weighted by Gasteiger charge is 2.06. The molecule has 0 aliphatic heterocycles. The average Bonchev–Trinajstić information content (AvgIpc) is 2.35. The molecule has 16 heavy (non-hydrogen) atoms. The molecule has 0 aliphatic rings. The molecule has 1 N–H and O–H groups in total. The Balaban J connectivity index is 2.23. The van der Waals surface area contributed by atoms with Gasteiger partial charge in [0, 0.05) is 6.04 Å². The maximum absolute atomic E-state index is 5.73. The Bertz CT molecular complexity index is 261. The van der Waals surface area contributed by atoms with Gasteiger partial charge in [-0.15, -0.1) is 0 Å². The monoisotopic (exact) mass is 221 g/mol. The van der Waals surface area contributed by atoms with Crippen LogP contribution >= 0.6 is 0 Å². The number of likely N-dealkylation sites (N-methyl/N-ethyl adjacent to an activating group) is 1. The van der Waals surface area contributed by atoms with E-state index in [4.69, 9.17) is 4.74 Å². The van der Waals surface area contributed by atoms with Gasteiger partial charge in [-0.05, 0) is 25.6 Å². The van der Waals surface area contributed by atoms with E-state index in [-0.39, 0.29) is 0 Å². The quantitative estimate of drug-likeness (QED) is 0.680. The zero-order chi connectivity index (χ0) is 11.6. The summed E-state index contributed by atoms with van der Waals surface area (Å²) in [5.41, 5.74) is 0. The van der Waals surface area contributed by atoms with E-state index in [1.54, 1.807) is 0 Å². The number of benzene rings is 1. The van der Waals surface area contributed by atoms with Gasteiger partial charge in [0.25, 0.3) is 0 Å². The Labute approximate surface area is 99.0 Å². The molecule has 0 bridgehead atoms. The van der Waals surface area contributed by atoms with Crippen molar-refractivity contribution in [3.05, 3.63) is 30.3 Å². The molecule has 0 saturated heterocycles. The first-order chi connectivity index (χ1) is 7.86. The van der Waals surface area contributed by atoms with Crippen LogP contribution in [0.3, 0.4) is 0 Å². The van der Waals surface area contributed by atoms with Crippen molar-refractivity contribution < 1.29 is 4.74 Å². The van der Waals surface area contributed by atoms with Gasteiger partial charge in [0.1, 0.15) is 12.4 Å². The number of rotatable bonds is 8. The predicted octanol–water partition coefficient (Wildman–Crippen LogP) is 3.23. The fraction of sp³-hybridized carbons (Fsp3) is 0.571. The third kappa shape index (κ3) is 5.17. The Kier molecular flexibility index (Phi) is 6.66. The molecular weight excluding hydrogens is 198 g/mol.